The first kappa shape index (κ1) is 12.6. The third kappa shape index (κ3) is 2.86. The number of rotatable bonds is 2. The second-order valence-corrected chi connectivity index (χ2v) is 5.60. The molecule has 1 aromatic rings. The van der Waals surface area contributed by atoms with Gasteiger partial charge in [0.1, 0.15) is 0 Å². The van der Waals surface area contributed by atoms with Crippen molar-refractivity contribution in [2.24, 2.45) is 5.41 Å². The first-order chi connectivity index (χ1) is 7.99. The van der Waals surface area contributed by atoms with Crippen molar-refractivity contribution in [2.75, 3.05) is 5.32 Å². The summed E-state index contributed by atoms with van der Waals surface area (Å²) in [5, 5.41) is 3.24. The number of hydrogen-bond acceptors (Lipinski definition) is 3. The minimum atomic E-state index is -0.448. The van der Waals surface area contributed by atoms with Crippen molar-refractivity contribution >= 4 is 17.4 Å². The fraction of sp³-hybridized carbons (Fsp3) is 0.667. The second-order valence-electron chi connectivity index (χ2n) is 5.27. The first-order valence-corrected chi connectivity index (χ1v) is 6.31. The summed E-state index contributed by atoms with van der Waals surface area (Å²) in [4.78, 5) is 7.51. The highest BCUT2D eigenvalue weighted by Crippen LogP contribution is 2.37. The number of hydrogen-bond donors (Lipinski definition) is 1. The average Bonchev–Trinajstić information content (AvgIpc) is 2.26. The Kier molecular flexibility index (Phi) is 3.52. The van der Waals surface area contributed by atoms with Gasteiger partial charge in [-0.3, -0.25) is 0 Å². The number of anilines is 1. The van der Waals surface area contributed by atoms with Crippen molar-refractivity contribution in [1.82, 2.24) is 9.97 Å². The fourth-order valence-corrected chi connectivity index (χ4v) is 2.51. The maximum atomic E-state index is 13.5. The van der Waals surface area contributed by atoms with Gasteiger partial charge in [-0.25, -0.2) is 9.37 Å². The number of nitrogens with one attached hydrogen (secondary N) is 1. The van der Waals surface area contributed by atoms with E-state index in [0.29, 0.717) is 0 Å². The number of halogens is 2. The van der Waals surface area contributed by atoms with Gasteiger partial charge in [-0.1, -0.05) is 26.7 Å². The molecule has 0 spiro atoms. The summed E-state index contributed by atoms with van der Waals surface area (Å²) in [5.74, 6) is -0.235. The van der Waals surface area contributed by atoms with Gasteiger partial charge in [-0.2, -0.15) is 4.98 Å². The Balaban J connectivity index is 2.16. The lowest BCUT2D eigenvalue weighted by Crippen LogP contribution is -2.39. The molecule has 1 aliphatic rings. The zero-order valence-electron chi connectivity index (χ0n) is 10.1. The van der Waals surface area contributed by atoms with E-state index in [9.17, 15) is 4.39 Å². The van der Waals surface area contributed by atoms with Gasteiger partial charge < -0.3 is 5.32 Å². The molecule has 17 heavy (non-hydrogen) atoms. The van der Waals surface area contributed by atoms with Crippen LogP contribution in [-0.4, -0.2) is 16.0 Å². The van der Waals surface area contributed by atoms with Gasteiger partial charge in [0.2, 0.25) is 5.28 Å². The van der Waals surface area contributed by atoms with Gasteiger partial charge in [0.25, 0.3) is 0 Å². The molecule has 94 valence electrons. The zero-order chi connectivity index (χ0) is 12.5. The van der Waals surface area contributed by atoms with Crippen LogP contribution in [0.2, 0.25) is 5.28 Å². The van der Waals surface area contributed by atoms with E-state index in [-0.39, 0.29) is 22.6 Å². The average molecular weight is 258 g/mol. The molecule has 5 heteroatoms. The van der Waals surface area contributed by atoms with E-state index in [1.54, 1.807) is 0 Å². The molecular weight excluding hydrogens is 241 g/mol. The standard InChI is InChI=1S/C12H17ClFN3/c1-12(2)6-4-3-5-9(12)16-10-8(14)7-15-11(13)17-10/h7,9H,3-6H2,1-2H3,(H,15,16,17). The van der Waals surface area contributed by atoms with Crippen molar-refractivity contribution in [3.05, 3.63) is 17.3 Å². The molecule has 3 nitrogen and oxygen atoms in total. The molecular formula is C12H17ClFN3. The van der Waals surface area contributed by atoms with Gasteiger partial charge in [0.15, 0.2) is 11.6 Å². The lowest BCUT2D eigenvalue weighted by molar-refractivity contribution is 0.216. The Morgan fingerprint density at radius 1 is 1.47 bits per heavy atom. The third-order valence-electron chi connectivity index (χ3n) is 3.53. The minimum absolute atomic E-state index is 0.0718. The molecule has 1 heterocycles. The highest BCUT2D eigenvalue weighted by molar-refractivity contribution is 6.28. The van der Waals surface area contributed by atoms with E-state index in [0.717, 1.165) is 19.0 Å². The quantitative estimate of drug-likeness (QED) is 0.822. The molecule has 1 N–H and O–H groups in total. The smallest absolute Gasteiger partial charge is 0.224 e. The van der Waals surface area contributed by atoms with E-state index < -0.39 is 5.82 Å². The normalized spacial score (nSPS) is 23.4. The Bertz CT molecular complexity index is 409. The zero-order valence-corrected chi connectivity index (χ0v) is 10.9. The lowest BCUT2D eigenvalue weighted by atomic mass is 9.73. The summed E-state index contributed by atoms with van der Waals surface area (Å²) in [6.07, 6.45) is 5.69. The van der Waals surface area contributed by atoms with E-state index in [2.05, 4.69) is 29.1 Å². The first-order valence-electron chi connectivity index (χ1n) is 5.93. The highest BCUT2D eigenvalue weighted by Gasteiger charge is 2.32. The second kappa shape index (κ2) is 4.77. The van der Waals surface area contributed by atoms with Crippen molar-refractivity contribution in [2.45, 2.75) is 45.6 Å². The summed E-state index contributed by atoms with van der Waals surface area (Å²) in [6.45, 7) is 4.40. The topological polar surface area (TPSA) is 37.8 Å². The number of nitrogens with zero attached hydrogens (tertiary/aromatic N) is 2. The third-order valence-corrected chi connectivity index (χ3v) is 3.71. The Labute approximate surface area is 106 Å². The molecule has 1 fully saturated rings. The van der Waals surface area contributed by atoms with Crippen LogP contribution in [0.3, 0.4) is 0 Å². The van der Waals surface area contributed by atoms with Crippen LogP contribution in [0.5, 0.6) is 0 Å². The monoisotopic (exact) mass is 257 g/mol. The van der Waals surface area contributed by atoms with Gasteiger partial charge in [-0.05, 0) is 29.9 Å². The molecule has 0 radical (unpaired) electrons. The van der Waals surface area contributed by atoms with E-state index in [1.165, 1.54) is 12.8 Å². The molecule has 1 atom stereocenters. The van der Waals surface area contributed by atoms with Crippen LogP contribution in [0.15, 0.2) is 6.20 Å². The minimum Gasteiger partial charge on any atom is -0.364 e. The molecule has 1 saturated carbocycles. The van der Waals surface area contributed by atoms with Crippen LogP contribution in [0, 0.1) is 11.2 Å². The maximum absolute atomic E-state index is 13.5. The predicted octanol–water partition coefficient (Wildman–Crippen LogP) is 3.65. The lowest BCUT2D eigenvalue weighted by Gasteiger charge is -2.39. The molecule has 1 aromatic heterocycles. The van der Waals surface area contributed by atoms with Crippen molar-refractivity contribution in [3.63, 3.8) is 0 Å². The molecule has 0 saturated heterocycles. The Morgan fingerprint density at radius 3 is 2.94 bits per heavy atom. The van der Waals surface area contributed by atoms with Crippen molar-refractivity contribution in [1.29, 1.82) is 0 Å². The van der Waals surface area contributed by atoms with Crippen LogP contribution >= 0.6 is 11.6 Å². The maximum Gasteiger partial charge on any atom is 0.224 e. The predicted molar refractivity (Wildman–Crippen MR) is 66.7 cm³/mol. The molecule has 1 aliphatic carbocycles. The van der Waals surface area contributed by atoms with Crippen LogP contribution < -0.4 is 5.32 Å². The Morgan fingerprint density at radius 2 is 2.24 bits per heavy atom. The molecule has 0 aromatic carbocycles. The van der Waals surface area contributed by atoms with E-state index in [1.807, 2.05) is 0 Å². The highest BCUT2D eigenvalue weighted by atomic mass is 35.5. The van der Waals surface area contributed by atoms with Crippen LogP contribution in [0.4, 0.5) is 10.2 Å². The largest absolute Gasteiger partial charge is 0.364 e. The molecule has 1 unspecified atom stereocenters. The van der Waals surface area contributed by atoms with Gasteiger partial charge in [-0.15, -0.1) is 0 Å². The van der Waals surface area contributed by atoms with E-state index in [4.69, 9.17) is 11.6 Å². The van der Waals surface area contributed by atoms with Crippen LogP contribution in [0.1, 0.15) is 39.5 Å². The van der Waals surface area contributed by atoms with Gasteiger partial charge in [0, 0.05) is 6.04 Å². The van der Waals surface area contributed by atoms with Gasteiger partial charge >= 0.3 is 0 Å². The fourth-order valence-electron chi connectivity index (χ4n) is 2.37. The van der Waals surface area contributed by atoms with Crippen molar-refractivity contribution in [3.8, 4) is 0 Å². The van der Waals surface area contributed by atoms with Crippen LogP contribution in [-0.2, 0) is 0 Å². The molecule has 0 aliphatic heterocycles. The molecule has 0 amide bonds. The van der Waals surface area contributed by atoms with Gasteiger partial charge in [0.05, 0.1) is 6.20 Å². The number of aromatic nitrogens is 2. The SMILES string of the molecule is CC1(C)CCCCC1Nc1nc(Cl)ncc1F. The summed E-state index contributed by atoms with van der Waals surface area (Å²) >= 11 is 5.68. The van der Waals surface area contributed by atoms with Crippen LogP contribution in [0.25, 0.3) is 0 Å². The molecule has 0 bridgehead atoms. The Hall–Kier alpha value is -0.900. The summed E-state index contributed by atoms with van der Waals surface area (Å²) in [5.41, 5.74) is 0.155. The summed E-state index contributed by atoms with van der Waals surface area (Å²) in [7, 11) is 0. The summed E-state index contributed by atoms with van der Waals surface area (Å²) < 4.78 is 13.5. The molecule has 2 rings (SSSR count). The summed E-state index contributed by atoms with van der Waals surface area (Å²) in [6, 6.07) is 0.233. The van der Waals surface area contributed by atoms with Crippen molar-refractivity contribution < 1.29 is 4.39 Å². The van der Waals surface area contributed by atoms with E-state index >= 15 is 0 Å².